The molecule has 1 atom stereocenters. The Morgan fingerprint density at radius 3 is 2.92 bits per heavy atom. The first-order chi connectivity index (χ1) is 11.8. The third kappa shape index (κ3) is 3.46. The zero-order chi connectivity index (χ0) is 16.4. The van der Waals surface area contributed by atoms with Crippen LogP contribution >= 0.6 is 0 Å². The number of aromatic nitrogens is 3. The first kappa shape index (κ1) is 15.3. The molecule has 1 unspecified atom stereocenters. The molecule has 2 aliphatic rings. The number of hydrogen-bond acceptors (Lipinski definition) is 6. The van der Waals surface area contributed by atoms with E-state index >= 15 is 0 Å². The Morgan fingerprint density at radius 2 is 2.12 bits per heavy atom. The number of rotatable bonds is 5. The van der Waals surface area contributed by atoms with Crippen molar-refractivity contribution >= 4 is 5.91 Å². The number of piperidine rings is 1. The Balaban J connectivity index is 1.32. The Bertz CT molecular complexity index is 699. The first-order valence-corrected chi connectivity index (χ1v) is 8.43. The molecule has 1 amide bonds. The van der Waals surface area contributed by atoms with Crippen molar-refractivity contribution in [3.63, 3.8) is 0 Å². The van der Waals surface area contributed by atoms with E-state index in [9.17, 15) is 4.79 Å². The number of carbonyl (C=O) groups excluding carboxylic acids is 1. The van der Waals surface area contributed by atoms with Crippen LogP contribution in [-0.2, 0) is 16.1 Å². The molecule has 4 rings (SSSR count). The number of amides is 1. The van der Waals surface area contributed by atoms with Gasteiger partial charge in [0.15, 0.2) is 5.82 Å². The molecule has 24 heavy (non-hydrogen) atoms. The van der Waals surface area contributed by atoms with Crippen LogP contribution in [0.15, 0.2) is 29.0 Å². The highest BCUT2D eigenvalue weighted by Crippen LogP contribution is 2.32. The molecule has 0 bridgehead atoms. The maximum Gasteiger partial charge on any atom is 0.258 e. The van der Waals surface area contributed by atoms with Crippen LogP contribution in [0.3, 0.4) is 0 Å². The van der Waals surface area contributed by atoms with Gasteiger partial charge in [0, 0.05) is 37.0 Å². The summed E-state index contributed by atoms with van der Waals surface area (Å²) in [5, 5.41) is 3.96. The van der Waals surface area contributed by atoms with Crippen molar-refractivity contribution in [2.75, 3.05) is 13.1 Å². The minimum absolute atomic E-state index is 0.0457. The standard InChI is InChI=1S/C17H20N4O3/c22-17(13-3-4-13)21-9-1-2-14(10-21)23-11-15-19-16(24-20-15)12-5-7-18-8-6-12/h5-8,13-14H,1-4,9-11H2. The molecular weight excluding hydrogens is 308 g/mol. The predicted octanol–water partition coefficient (Wildman–Crippen LogP) is 2.05. The first-order valence-electron chi connectivity index (χ1n) is 8.43. The lowest BCUT2D eigenvalue weighted by Crippen LogP contribution is -2.43. The van der Waals surface area contributed by atoms with Crippen LogP contribution in [0, 0.1) is 5.92 Å². The molecule has 0 radical (unpaired) electrons. The second-order valence-corrected chi connectivity index (χ2v) is 6.39. The van der Waals surface area contributed by atoms with E-state index in [1.165, 1.54) is 0 Å². The summed E-state index contributed by atoms with van der Waals surface area (Å²) >= 11 is 0. The summed E-state index contributed by atoms with van der Waals surface area (Å²) in [7, 11) is 0. The molecule has 1 aliphatic heterocycles. The van der Waals surface area contributed by atoms with Gasteiger partial charge in [0.2, 0.25) is 5.91 Å². The number of ether oxygens (including phenoxy) is 1. The maximum atomic E-state index is 12.2. The van der Waals surface area contributed by atoms with E-state index in [1.807, 2.05) is 17.0 Å². The van der Waals surface area contributed by atoms with E-state index < -0.39 is 0 Å². The van der Waals surface area contributed by atoms with Crippen LogP contribution in [-0.4, -0.2) is 45.1 Å². The molecule has 7 heteroatoms. The summed E-state index contributed by atoms with van der Waals surface area (Å²) in [5.74, 6) is 1.55. The van der Waals surface area contributed by atoms with Gasteiger partial charge in [-0.25, -0.2) is 0 Å². The van der Waals surface area contributed by atoms with E-state index in [1.54, 1.807) is 12.4 Å². The Morgan fingerprint density at radius 1 is 1.29 bits per heavy atom. The van der Waals surface area contributed by atoms with Gasteiger partial charge in [-0.3, -0.25) is 9.78 Å². The van der Waals surface area contributed by atoms with Gasteiger partial charge in [0.1, 0.15) is 6.61 Å². The zero-order valence-corrected chi connectivity index (χ0v) is 13.4. The number of hydrogen-bond donors (Lipinski definition) is 0. The van der Waals surface area contributed by atoms with Crippen molar-refractivity contribution in [1.82, 2.24) is 20.0 Å². The monoisotopic (exact) mass is 328 g/mol. The average molecular weight is 328 g/mol. The normalized spacial score (nSPS) is 21.0. The summed E-state index contributed by atoms with van der Waals surface area (Å²) in [6.07, 6.45) is 7.45. The van der Waals surface area contributed by atoms with Gasteiger partial charge >= 0.3 is 0 Å². The van der Waals surface area contributed by atoms with E-state index in [2.05, 4.69) is 15.1 Å². The van der Waals surface area contributed by atoms with Crippen molar-refractivity contribution in [3.05, 3.63) is 30.4 Å². The van der Waals surface area contributed by atoms with Gasteiger partial charge in [0.25, 0.3) is 5.89 Å². The lowest BCUT2D eigenvalue weighted by atomic mass is 10.1. The summed E-state index contributed by atoms with van der Waals surface area (Å²) in [6.45, 7) is 1.82. The predicted molar refractivity (Wildman–Crippen MR) is 84.6 cm³/mol. The minimum atomic E-state index is 0.0457. The number of likely N-dealkylation sites (tertiary alicyclic amines) is 1. The van der Waals surface area contributed by atoms with Gasteiger partial charge in [-0.1, -0.05) is 5.16 Å². The number of pyridine rings is 1. The van der Waals surface area contributed by atoms with E-state index in [0.29, 0.717) is 30.8 Å². The topological polar surface area (TPSA) is 81.4 Å². The van der Waals surface area contributed by atoms with Crippen molar-refractivity contribution in [1.29, 1.82) is 0 Å². The van der Waals surface area contributed by atoms with Crippen LogP contribution < -0.4 is 0 Å². The number of carbonyl (C=O) groups is 1. The minimum Gasteiger partial charge on any atom is -0.368 e. The zero-order valence-electron chi connectivity index (χ0n) is 13.4. The molecule has 126 valence electrons. The van der Waals surface area contributed by atoms with Crippen LogP contribution in [0.4, 0.5) is 0 Å². The van der Waals surface area contributed by atoms with Crippen LogP contribution in [0.25, 0.3) is 11.5 Å². The summed E-state index contributed by atoms with van der Waals surface area (Å²) in [5.41, 5.74) is 0.836. The van der Waals surface area contributed by atoms with E-state index in [4.69, 9.17) is 9.26 Å². The second kappa shape index (κ2) is 6.68. The van der Waals surface area contributed by atoms with Crippen LogP contribution in [0.5, 0.6) is 0 Å². The third-order valence-corrected chi connectivity index (χ3v) is 4.46. The fourth-order valence-electron chi connectivity index (χ4n) is 2.98. The average Bonchev–Trinajstić information content (AvgIpc) is 3.38. The van der Waals surface area contributed by atoms with E-state index in [-0.39, 0.29) is 12.0 Å². The molecule has 2 fully saturated rings. The van der Waals surface area contributed by atoms with Gasteiger partial charge in [-0.2, -0.15) is 4.98 Å². The molecule has 2 aromatic rings. The van der Waals surface area contributed by atoms with E-state index in [0.717, 1.165) is 37.8 Å². The highest BCUT2D eigenvalue weighted by molar-refractivity contribution is 5.81. The molecule has 0 N–H and O–H groups in total. The molecule has 2 aromatic heterocycles. The summed E-state index contributed by atoms with van der Waals surface area (Å²) < 4.78 is 11.2. The third-order valence-electron chi connectivity index (χ3n) is 4.46. The van der Waals surface area contributed by atoms with Crippen LogP contribution in [0.2, 0.25) is 0 Å². The molecule has 0 spiro atoms. The Hall–Kier alpha value is -2.28. The van der Waals surface area contributed by atoms with Crippen molar-refractivity contribution in [2.24, 2.45) is 5.92 Å². The van der Waals surface area contributed by atoms with Gasteiger partial charge < -0.3 is 14.2 Å². The number of nitrogens with zero attached hydrogens (tertiary/aromatic N) is 4. The highest BCUT2D eigenvalue weighted by atomic mass is 16.5. The lowest BCUT2D eigenvalue weighted by molar-refractivity contribution is -0.137. The molecule has 3 heterocycles. The Labute approximate surface area is 140 Å². The molecule has 1 saturated heterocycles. The summed E-state index contributed by atoms with van der Waals surface area (Å²) in [6, 6.07) is 3.64. The van der Waals surface area contributed by atoms with Crippen molar-refractivity contribution in [2.45, 2.75) is 38.4 Å². The van der Waals surface area contributed by atoms with Gasteiger partial charge in [-0.05, 0) is 37.8 Å². The lowest BCUT2D eigenvalue weighted by Gasteiger charge is -2.32. The molecule has 1 aliphatic carbocycles. The van der Waals surface area contributed by atoms with Gasteiger partial charge in [0.05, 0.1) is 6.10 Å². The second-order valence-electron chi connectivity index (χ2n) is 6.39. The molecule has 0 aromatic carbocycles. The molecular formula is C17H20N4O3. The van der Waals surface area contributed by atoms with Crippen molar-refractivity contribution < 1.29 is 14.1 Å². The van der Waals surface area contributed by atoms with Gasteiger partial charge in [-0.15, -0.1) is 0 Å². The Kier molecular flexibility index (Phi) is 4.25. The fraction of sp³-hybridized carbons (Fsp3) is 0.529. The quantitative estimate of drug-likeness (QED) is 0.835. The molecule has 7 nitrogen and oxygen atoms in total. The summed E-state index contributed by atoms with van der Waals surface area (Å²) in [4.78, 5) is 22.4. The highest BCUT2D eigenvalue weighted by Gasteiger charge is 2.35. The fourth-order valence-corrected chi connectivity index (χ4v) is 2.98. The maximum absolute atomic E-state index is 12.2. The molecule has 1 saturated carbocycles. The van der Waals surface area contributed by atoms with Crippen molar-refractivity contribution in [3.8, 4) is 11.5 Å². The largest absolute Gasteiger partial charge is 0.368 e. The van der Waals surface area contributed by atoms with Crippen LogP contribution in [0.1, 0.15) is 31.5 Å². The smallest absolute Gasteiger partial charge is 0.258 e. The SMILES string of the molecule is O=C(C1CC1)N1CCCC(OCc2noc(-c3ccncc3)n2)C1.